The topological polar surface area (TPSA) is 67.6 Å². The predicted molar refractivity (Wildman–Crippen MR) is 149 cm³/mol. The number of hydrogen-bond donors (Lipinski definition) is 2. The molecular weight excluding hydrogens is 446 g/mol. The zero-order chi connectivity index (χ0) is 25.9. The van der Waals surface area contributed by atoms with Crippen molar-refractivity contribution in [3.63, 3.8) is 0 Å². The van der Waals surface area contributed by atoms with Gasteiger partial charge >= 0.3 is 0 Å². The van der Waals surface area contributed by atoms with E-state index >= 15 is 0 Å². The summed E-state index contributed by atoms with van der Waals surface area (Å²) >= 11 is 0. The Balaban J connectivity index is 1.69. The maximum atomic E-state index is 13.9. The first kappa shape index (κ1) is 27.8. The highest BCUT2D eigenvalue weighted by molar-refractivity contribution is 5.96. The lowest BCUT2D eigenvalue weighted by atomic mass is 9.79. The minimum atomic E-state index is -0.0390. The third-order valence-electron chi connectivity index (χ3n) is 7.15. The molecule has 2 atom stereocenters. The van der Waals surface area contributed by atoms with Crippen LogP contribution in [0.5, 0.6) is 0 Å². The average Bonchev–Trinajstić information content (AvgIpc) is 2.87. The SMILES string of the molecule is CCN(CCN/C1=C(\OC(C)C)C(=O)C(CCc2ccccc2)C(C)CCC1)Cc1ccc(N)cc1. The molecule has 0 saturated heterocycles. The lowest BCUT2D eigenvalue weighted by Crippen LogP contribution is -2.35. The second-order valence-corrected chi connectivity index (χ2v) is 10.4. The van der Waals surface area contributed by atoms with Gasteiger partial charge in [-0.05, 0) is 81.7 Å². The van der Waals surface area contributed by atoms with Crippen LogP contribution in [0.25, 0.3) is 0 Å². The van der Waals surface area contributed by atoms with Crippen molar-refractivity contribution in [2.75, 3.05) is 25.4 Å². The Morgan fingerprint density at radius 1 is 1.08 bits per heavy atom. The van der Waals surface area contributed by atoms with E-state index in [2.05, 4.69) is 60.5 Å². The van der Waals surface area contributed by atoms with Crippen LogP contribution in [0.4, 0.5) is 5.69 Å². The van der Waals surface area contributed by atoms with E-state index in [4.69, 9.17) is 10.5 Å². The number of carbonyl (C=O) groups is 1. The molecular formula is C31H45N3O2. The van der Waals surface area contributed by atoms with E-state index in [0.29, 0.717) is 11.7 Å². The summed E-state index contributed by atoms with van der Waals surface area (Å²) in [6, 6.07) is 18.6. The molecule has 0 bridgehead atoms. The Hall–Kier alpha value is -2.79. The Bertz CT molecular complexity index is 969. The zero-order valence-corrected chi connectivity index (χ0v) is 22.6. The number of carbonyl (C=O) groups excluding carboxylic acids is 1. The molecule has 2 aromatic carbocycles. The normalized spacial score (nSPS) is 20.9. The van der Waals surface area contributed by atoms with Crippen molar-refractivity contribution < 1.29 is 9.53 Å². The number of nitrogens with two attached hydrogens (primary N) is 1. The van der Waals surface area contributed by atoms with Crippen LogP contribution in [0.2, 0.25) is 0 Å². The summed E-state index contributed by atoms with van der Waals surface area (Å²) in [7, 11) is 0. The van der Waals surface area contributed by atoms with E-state index in [-0.39, 0.29) is 17.8 Å². The third-order valence-corrected chi connectivity index (χ3v) is 7.15. The number of nitrogens with one attached hydrogen (secondary N) is 1. The number of nitrogens with zero attached hydrogens (tertiary/aromatic N) is 1. The van der Waals surface area contributed by atoms with Crippen LogP contribution < -0.4 is 11.1 Å². The maximum absolute atomic E-state index is 13.9. The van der Waals surface area contributed by atoms with Gasteiger partial charge in [-0.3, -0.25) is 9.69 Å². The fourth-order valence-electron chi connectivity index (χ4n) is 5.00. The molecule has 36 heavy (non-hydrogen) atoms. The van der Waals surface area contributed by atoms with Gasteiger partial charge in [-0.25, -0.2) is 0 Å². The molecule has 196 valence electrons. The first-order valence-corrected chi connectivity index (χ1v) is 13.7. The van der Waals surface area contributed by atoms with Gasteiger partial charge in [-0.15, -0.1) is 0 Å². The number of ether oxygens (including phenoxy) is 1. The van der Waals surface area contributed by atoms with Gasteiger partial charge in [0.15, 0.2) is 5.76 Å². The average molecular weight is 492 g/mol. The molecule has 1 aliphatic carbocycles. The van der Waals surface area contributed by atoms with E-state index < -0.39 is 0 Å². The van der Waals surface area contributed by atoms with Crippen LogP contribution in [-0.4, -0.2) is 36.4 Å². The molecule has 5 nitrogen and oxygen atoms in total. The van der Waals surface area contributed by atoms with Gasteiger partial charge in [-0.1, -0.05) is 56.3 Å². The van der Waals surface area contributed by atoms with Crippen molar-refractivity contribution in [1.82, 2.24) is 10.2 Å². The third kappa shape index (κ3) is 8.41. The number of aryl methyl sites for hydroxylation is 1. The lowest BCUT2D eigenvalue weighted by molar-refractivity contribution is -0.125. The van der Waals surface area contributed by atoms with Gasteiger partial charge in [0.2, 0.25) is 5.78 Å². The van der Waals surface area contributed by atoms with Crippen LogP contribution in [0.1, 0.15) is 64.5 Å². The molecule has 0 heterocycles. The van der Waals surface area contributed by atoms with Gasteiger partial charge in [0.05, 0.1) is 11.8 Å². The minimum Gasteiger partial charge on any atom is -0.485 e. The van der Waals surface area contributed by atoms with Crippen molar-refractivity contribution in [2.24, 2.45) is 11.8 Å². The highest BCUT2D eigenvalue weighted by atomic mass is 16.5. The Labute approximate surface area is 218 Å². The Kier molecular flexibility index (Phi) is 10.9. The molecule has 0 fully saturated rings. The number of benzene rings is 2. The fourth-order valence-corrected chi connectivity index (χ4v) is 5.00. The highest BCUT2D eigenvalue weighted by Gasteiger charge is 2.32. The molecule has 0 aromatic heterocycles. The number of likely N-dealkylation sites (N-methyl/N-ethyl adjacent to an activating group) is 1. The monoisotopic (exact) mass is 491 g/mol. The Morgan fingerprint density at radius 2 is 1.81 bits per heavy atom. The lowest BCUT2D eigenvalue weighted by Gasteiger charge is -2.30. The number of anilines is 1. The molecule has 0 spiro atoms. The summed E-state index contributed by atoms with van der Waals surface area (Å²) in [6.45, 7) is 11.9. The minimum absolute atomic E-state index is 0.0197. The molecule has 2 aromatic rings. The predicted octanol–water partition coefficient (Wildman–Crippen LogP) is 5.96. The van der Waals surface area contributed by atoms with Crippen LogP contribution in [0, 0.1) is 11.8 Å². The Morgan fingerprint density at radius 3 is 2.47 bits per heavy atom. The van der Waals surface area contributed by atoms with Crippen LogP contribution in [0.3, 0.4) is 0 Å². The summed E-state index contributed by atoms with van der Waals surface area (Å²) in [5.74, 6) is 1.07. The first-order chi connectivity index (χ1) is 17.4. The molecule has 1 aliphatic rings. The van der Waals surface area contributed by atoms with Gasteiger partial charge in [0.1, 0.15) is 0 Å². The molecule has 0 amide bonds. The van der Waals surface area contributed by atoms with Crippen LogP contribution >= 0.6 is 0 Å². The van der Waals surface area contributed by atoms with Gasteiger partial charge in [0.25, 0.3) is 0 Å². The number of hydrogen-bond acceptors (Lipinski definition) is 5. The molecule has 2 unspecified atom stereocenters. The summed E-state index contributed by atoms with van der Waals surface area (Å²) in [6.07, 6.45) is 4.70. The van der Waals surface area contributed by atoms with Crippen molar-refractivity contribution in [2.45, 2.75) is 72.4 Å². The van der Waals surface area contributed by atoms with E-state index in [1.165, 1.54) is 11.1 Å². The van der Waals surface area contributed by atoms with Crippen LogP contribution in [0.15, 0.2) is 66.1 Å². The fraction of sp³-hybridized carbons (Fsp3) is 0.516. The van der Waals surface area contributed by atoms with Gasteiger partial charge < -0.3 is 15.8 Å². The molecule has 3 rings (SSSR count). The highest BCUT2D eigenvalue weighted by Crippen LogP contribution is 2.32. The number of allylic oxidation sites excluding steroid dienone is 2. The quantitative estimate of drug-likeness (QED) is 0.359. The molecule has 3 N–H and O–H groups in total. The number of rotatable bonds is 12. The van der Waals surface area contributed by atoms with Crippen molar-refractivity contribution in [1.29, 1.82) is 0 Å². The summed E-state index contributed by atoms with van der Waals surface area (Å²) in [5.41, 5.74) is 10.1. The second-order valence-electron chi connectivity index (χ2n) is 10.4. The zero-order valence-electron chi connectivity index (χ0n) is 22.6. The number of ketones is 1. The number of nitrogen functional groups attached to an aromatic ring is 1. The summed E-state index contributed by atoms with van der Waals surface area (Å²) in [5, 5.41) is 3.62. The van der Waals surface area contributed by atoms with Crippen molar-refractivity contribution in [3.8, 4) is 0 Å². The molecule has 5 heteroatoms. The van der Waals surface area contributed by atoms with E-state index in [9.17, 15) is 4.79 Å². The van der Waals surface area contributed by atoms with E-state index in [1.54, 1.807) is 0 Å². The summed E-state index contributed by atoms with van der Waals surface area (Å²) < 4.78 is 6.22. The van der Waals surface area contributed by atoms with E-state index in [0.717, 1.165) is 69.7 Å². The summed E-state index contributed by atoms with van der Waals surface area (Å²) in [4.78, 5) is 16.3. The number of Topliss-reactive ketones (excluding diaryl/α,β-unsaturated/α-hetero) is 1. The van der Waals surface area contributed by atoms with Crippen LogP contribution in [-0.2, 0) is 22.5 Å². The largest absolute Gasteiger partial charge is 0.485 e. The maximum Gasteiger partial charge on any atom is 0.202 e. The molecule has 0 aliphatic heterocycles. The standard InChI is InChI=1S/C31H45N3O2/c1-5-34(22-26-14-17-27(32)18-15-26)21-20-33-29-13-9-10-24(4)28(30(35)31(29)36-23(2)3)19-16-25-11-7-6-8-12-25/h6-8,11-12,14-15,17-18,23-24,28,33H,5,9-10,13,16,19-22,32H2,1-4H3/b31-29-. The molecule has 0 saturated carbocycles. The first-order valence-electron chi connectivity index (χ1n) is 13.7. The van der Waals surface area contributed by atoms with E-state index in [1.807, 2.05) is 32.0 Å². The molecule has 0 radical (unpaired) electrons. The second kappa shape index (κ2) is 14.1. The van der Waals surface area contributed by atoms with Gasteiger partial charge in [-0.2, -0.15) is 0 Å². The van der Waals surface area contributed by atoms with Gasteiger partial charge in [0, 0.05) is 31.2 Å². The van der Waals surface area contributed by atoms with Crippen molar-refractivity contribution >= 4 is 11.5 Å². The smallest absolute Gasteiger partial charge is 0.202 e. The van der Waals surface area contributed by atoms with Crippen molar-refractivity contribution in [3.05, 3.63) is 77.2 Å².